The Morgan fingerprint density at radius 3 is 2.71 bits per heavy atom. The summed E-state index contributed by atoms with van der Waals surface area (Å²) in [6.45, 7) is 2.80. The van der Waals surface area contributed by atoms with Crippen molar-refractivity contribution in [1.82, 2.24) is 5.48 Å². The molecule has 2 rings (SSSR count). The Balaban J connectivity index is 2.48. The zero-order valence-electron chi connectivity index (χ0n) is 11.4. The number of carbonyl (C=O) groups excluding carboxylic acids is 1. The second-order valence-electron chi connectivity index (χ2n) is 4.58. The van der Waals surface area contributed by atoms with Crippen molar-refractivity contribution in [3.8, 4) is 11.5 Å². The minimum absolute atomic E-state index is 0.204. The number of esters is 1. The van der Waals surface area contributed by atoms with Crippen LogP contribution in [-0.2, 0) is 23.5 Å². The zero-order valence-corrected chi connectivity index (χ0v) is 12.3. The maximum absolute atomic E-state index is 13.3. The Morgan fingerprint density at radius 1 is 1.33 bits per heavy atom. The molecule has 21 heavy (non-hydrogen) atoms. The van der Waals surface area contributed by atoms with Gasteiger partial charge in [0.25, 0.3) is 0 Å². The van der Waals surface area contributed by atoms with Gasteiger partial charge in [0.1, 0.15) is 11.4 Å². The van der Waals surface area contributed by atoms with Crippen molar-refractivity contribution in [3.05, 3.63) is 24.0 Å². The largest absolute Gasteiger partial charge is 0.574 e. The number of hydroxylamine groups is 1. The van der Waals surface area contributed by atoms with E-state index in [0.717, 1.165) is 25.3 Å². The molecule has 0 aromatic heterocycles. The third kappa shape index (κ3) is 3.58. The highest BCUT2D eigenvalue weighted by Crippen LogP contribution is 2.51. The lowest BCUT2D eigenvalue weighted by molar-refractivity contribution is -0.201. The normalized spacial score (nSPS) is 24.9. The molecule has 0 fully saturated rings. The highest BCUT2D eigenvalue weighted by Gasteiger charge is 2.40. The Hall–Kier alpha value is -1.51. The first-order valence-corrected chi connectivity index (χ1v) is 7.21. The van der Waals surface area contributed by atoms with Crippen molar-refractivity contribution < 1.29 is 37.2 Å². The number of ether oxygens (including phenoxy) is 1. The van der Waals surface area contributed by atoms with E-state index in [1.807, 2.05) is 0 Å². The van der Waals surface area contributed by atoms with Crippen molar-refractivity contribution in [2.75, 3.05) is 7.11 Å². The summed E-state index contributed by atoms with van der Waals surface area (Å²) in [4.78, 5) is 16.3. The zero-order chi connectivity index (χ0) is 15.7. The Bertz CT molecular complexity index is 606. The smallest absolute Gasteiger partial charge is 0.421 e. The highest BCUT2D eigenvalue weighted by molar-refractivity contribution is 7.48. The Labute approximate surface area is 119 Å². The van der Waals surface area contributed by atoms with Gasteiger partial charge in [-0.1, -0.05) is 0 Å². The van der Waals surface area contributed by atoms with E-state index in [1.54, 1.807) is 0 Å². The molecule has 0 spiro atoms. The van der Waals surface area contributed by atoms with E-state index in [-0.39, 0.29) is 11.5 Å². The summed E-state index contributed by atoms with van der Waals surface area (Å²) in [5.74, 6) is -1.94. The molecule has 0 amide bonds. The van der Waals surface area contributed by atoms with E-state index >= 15 is 0 Å². The molecule has 1 aliphatic heterocycles. The van der Waals surface area contributed by atoms with Gasteiger partial charge in [-0.05, 0) is 26.0 Å². The molecule has 116 valence electrons. The lowest BCUT2D eigenvalue weighted by atomic mass is 10.1. The van der Waals surface area contributed by atoms with Gasteiger partial charge < -0.3 is 9.26 Å². The number of nitrogens with one attached hydrogen (secondary N) is 1. The van der Waals surface area contributed by atoms with Gasteiger partial charge in [0.05, 0.1) is 7.11 Å². The average molecular weight is 321 g/mol. The molecule has 10 heteroatoms. The first-order valence-electron chi connectivity index (χ1n) is 5.75. The van der Waals surface area contributed by atoms with Gasteiger partial charge >= 0.3 is 13.8 Å². The number of halogens is 1. The maximum Gasteiger partial charge on any atom is 0.574 e. The number of hydrogen-bond acceptors (Lipinski definition) is 8. The van der Waals surface area contributed by atoms with Gasteiger partial charge in [-0.25, -0.2) is 18.6 Å². The second kappa shape index (κ2) is 5.70. The molecule has 1 N–H and O–H groups in total. The number of rotatable bonds is 2. The standard InChI is InChI=1S/C11H13FNO7P/c1-11(2)10(14)17-9-6-7(12)4-5-8(9)18-21(15,19-13-11)20-16-3/h4-6,13H,1-3H3. The van der Waals surface area contributed by atoms with Crippen molar-refractivity contribution in [2.45, 2.75) is 19.4 Å². The molecular weight excluding hydrogens is 308 g/mol. The molecule has 1 unspecified atom stereocenters. The summed E-state index contributed by atoms with van der Waals surface area (Å²) in [6, 6.07) is 3.05. The summed E-state index contributed by atoms with van der Waals surface area (Å²) < 4.78 is 44.9. The summed E-state index contributed by atoms with van der Waals surface area (Å²) >= 11 is 0. The third-order valence-electron chi connectivity index (χ3n) is 2.41. The van der Waals surface area contributed by atoms with Gasteiger partial charge in [0, 0.05) is 6.07 Å². The molecule has 0 saturated heterocycles. The van der Waals surface area contributed by atoms with Crippen LogP contribution in [0.25, 0.3) is 0 Å². The maximum atomic E-state index is 13.3. The molecule has 1 aromatic carbocycles. The van der Waals surface area contributed by atoms with Crippen molar-refractivity contribution in [2.24, 2.45) is 0 Å². The first kappa shape index (κ1) is 15.9. The van der Waals surface area contributed by atoms with E-state index < -0.39 is 25.1 Å². The van der Waals surface area contributed by atoms with Crippen molar-refractivity contribution in [3.63, 3.8) is 0 Å². The minimum atomic E-state index is -4.25. The van der Waals surface area contributed by atoms with Gasteiger partial charge in [0.2, 0.25) is 0 Å². The first-order chi connectivity index (χ1) is 9.76. The lowest BCUT2D eigenvalue weighted by Crippen LogP contribution is -2.48. The van der Waals surface area contributed by atoms with Gasteiger partial charge in [-0.15, -0.1) is 4.67 Å². The van der Waals surface area contributed by atoms with E-state index in [1.165, 1.54) is 13.8 Å². The molecule has 0 saturated carbocycles. The fourth-order valence-corrected chi connectivity index (χ4v) is 2.35. The summed E-state index contributed by atoms with van der Waals surface area (Å²) in [6.07, 6.45) is 0. The van der Waals surface area contributed by atoms with Crippen LogP contribution >= 0.6 is 7.82 Å². The molecule has 1 heterocycles. The quantitative estimate of drug-likeness (QED) is 0.291. The molecule has 1 aliphatic rings. The topological polar surface area (TPSA) is 92.3 Å². The van der Waals surface area contributed by atoms with Crippen LogP contribution in [0.5, 0.6) is 11.5 Å². The van der Waals surface area contributed by atoms with Crippen LogP contribution in [0.1, 0.15) is 13.8 Å². The van der Waals surface area contributed by atoms with Crippen molar-refractivity contribution in [1.29, 1.82) is 0 Å². The second-order valence-corrected chi connectivity index (χ2v) is 5.99. The van der Waals surface area contributed by atoms with Crippen LogP contribution in [-0.4, -0.2) is 18.6 Å². The summed E-state index contributed by atoms with van der Waals surface area (Å²) in [7, 11) is -3.16. The van der Waals surface area contributed by atoms with E-state index in [2.05, 4.69) is 15.0 Å². The van der Waals surface area contributed by atoms with Gasteiger partial charge in [0.15, 0.2) is 11.5 Å². The molecular formula is C11H13FNO7P. The average Bonchev–Trinajstić information content (AvgIpc) is 2.42. The monoisotopic (exact) mass is 321 g/mol. The van der Waals surface area contributed by atoms with Crippen LogP contribution in [0, 0.1) is 5.82 Å². The van der Waals surface area contributed by atoms with E-state index in [4.69, 9.17) is 13.9 Å². The number of hydrogen-bond donors (Lipinski definition) is 1. The van der Waals surface area contributed by atoms with Crippen LogP contribution in [0.15, 0.2) is 18.2 Å². The molecule has 0 radical (unpaired) electrons. The third-order valence-corrected chi connectivity index (χ3v) is 3.47. The van der Waals surface area contributed by atoms with Gasteiger partial charge in [-0.2, -0.15) is 10.1 Å². The SMILES string of the molecule is COOP1(=O)ONC(C)(C)C(=O)Oc2cc(F)ccc2O1. The van der Waals surface area contributed by atoms with Crippen LogP contribution in [0.4, 0.5) is 4.39 Å². The predicted molar refractivity (Wildman–Crippen MR) is 66.7 cm³/mol. The Kier molecular flexibility index (Phi) is 4.31. The van der Waals surface area contributed by atoms with Crippen LogP contribution < -0.4 is 14.7 Å². The fraction of sp³-hybridized carbons (Fsp3) is 0.364. The fourth-order valence-electron chi connectivity index (χ4n) is 1.34. The van der Waals surface area contributed by atoms with E-state index in [0.29, 0.717) is 0 Å². The molecule has 1 aromatic rings. The number of fused-ring (bicyclic) bond motifs is 1. The Morgan fingerprint density at radius 2 is 2.05 bits per heavy atom. The minimum Gasteiger partial charge on any atom is -0.421 e. The molecule has 8 nitrogen and oxygen atoms in total. The van der Waals surface area contributed by atoms with Crippen LogP contribution in [0.3, 0.4) is 0 Å². The molecule has 1 atom stereocenters. The van der Waals surface area contributed by atoms with Crippen LogP contribution in [0.2, 0.25) is 0 Å². The number of carbonyl (C=O) groups is 1. The number of phosphoric acid groups is 1. The van der Waals surface area contributed by atoms with Gasteiger partial charge in [-0.3, -0.25) is 0 Å². The lowest BCUT2D eigenvalue weighted by Gasteiger charge is -2.22. The summed E-state index contributed by atoms with van der Waals surface area (Å²) in [5.41, 5.74) is 0.815. The highest BCUT2D eigenvalue weighted by atomic mass is 31.2. The molecule has 0 aliphatic carbocycles. The molecule has 0 bridgehead atoms. The number of benzene rings is 1. The predicted octanol–water partition coefficient (Wildman–Crippen LogP) is 2.11. The van der Waals surface area contributed by atoms with E-state index in [9.17, 15) is 13.8 Å². The summed E-state index contributed by atoms with van der Waals surface area (Å²) in [5, 5.41) is 0. The van der Waals surface area contributed by atoms with Crippen molar-refractivity contribution >= 4 is 13.8 Å².